The van der Waals surface area contributed by atoms with Gasteiger partial charge in [-0.25, -0.2) is 0 Å². The van der Waals surface area contributed by atoms with Gasteiger partial charge in [-0.05, 0) is 64.6 Å². The molecule has 0 spiro atoms. The fourth-order valence-electron chi connectivity index (χ4n) is 2.02. The molecular formula is C16H9ClINOS2. The van der Waals surface area contributed by atoms with Gasteiger partial charge < -0.3 is 0 Å². The standard InChI is InChI=1S/C16H9ClINOS2/c17-11-2-1-3-13(9-11)19-15(20)14(22-16(19)21)8-10-4-6-12(18)7-5-10/h1-9H/b14-8+. The Labute approximate surface area is 156 Å². The van der Waals surface area contributed by atoms with Gasteiger partial charge in [0.15, 0.2) is 4.32 Å². The number of carbonyl (C=O) groups excluding carboxylic acids is 1. The lowest BCUT2D eigenvalue weighted by Crippen LogP contribution is -2.27. The summed E-state index contributed by atoms with van der Waals surface area (Å²) in [7, 11) is 0. The van der Waals surface area contributed by atoms with Crippen molar-refractivity contribution in [1.29, 1.82) is 0 Å². The molecule has 0 aliphatic carbocycles. The molecule has 0 radical (unpaired) electrons. The number of benzene rings is 2. The second-order valence-corrected chi connectivity index (χ2v) is 7.91. The third-order valence-electron chi connectivity index (χ3n) is 3.03. The number of anilines is 1. The first-order valence-electron chi connectivity index (χ1n) is 6.34. The zero-order chi connectivity index (χ0) is 15.7. The first-order chi connectivity index (χ1) is 10.5. The molecule has 0 N–H and O–H groups in total. The van der Waals surface area contributed by atoms with Crippen LogP contribution in [0.5, 0.6) is 0 Å². The summed E-state index contributed by atoms with van der Waals surface area (Å²) in [6, 6.07) is 15.1. The highest BCUT2D eigenvalue weighted by molar-refractivity contribution is 14.1. The second-order valence-electron chi connectivity index (χ2n) is 4.55. The van der Waals surface area contributed by atoms with Crippen molar-refractivity contribution in [1.82, 2.24) is 0 Å². The van der Waals surface area contributed by atoms with Gasteiger partial charge in [-0.2, -0.15) is 0 Å². The molecule has 0 saturated carbocycles. The maximum absolute atomic E-state index is 12.6. The molecule has 0 atom stereocenters. The average molecular weight is 458 g/mol. The van der Waals surface area contributed by atoms with Crippen LogP contribution in [0.1, 0.15) is 5.56 Å². The summed E-state index contributed by atoms with van der Waals surface area (Å²) in [5.41, 5.74) is 1.67. The highest BCUT2D eigenvalue weighted by Crippen LogP contribution is 2.36. The Morgan fingerprint density at radius 1 is 1.18 bits per heavy atom. The van der Waals surface area contributed by atoms with Crippen molar-refractivity contribution in [2.45, 2.75) is 0 Å². The molecular weight excluding hydrogens is 449 g/mol. The molecule has 1 heterocycles. The second kappa shape index (κ2) is 6.70. The number of thioether (sulfide) groups is 1. The molecule has 0 aromatic heterocycles. The SMILES string of the molecule is O=C1/C(=C\c2ccc(I)cc2)SC(=S)N1c1cccc(Cl)c1. The zero-order valence-electron chi connectivity index (χ0n) is 11.1. The number of halogens is 2. The van der Waals surface area contributed by atoms with E-state index in [1.54, 1.807) is 18.2 Å². The summed E-state index contributed by atoms with van der Waals surface area (Å²) in [4.78, 5) is 14.7. The quantitative estimate of drug-likeness (QED) is 0.344. The summed E-state index contributed by atoms with van der Waals surface area (Å²) in [5.74, 6) is -0.115. The molecule has 2 aromatic rings. The topological polar surface area (TPSA) is 20.3 Å². The van der Waals surface area contributed by atoms with Gasteiger partial charge in [0, 0.05) is 8.59 Å². The lowest BCUT2D eigenvalue weighted by atomic mass is 10.2. The Kier molecular flexibility index (Phi) is 4.87. The third-order valence-corrected chi connectivity index (χ3v) is 5.28. The number of nitrogens with zero attached hydrogens (tertiary/aromatic N) is 1. The van der Waals surface area contributed by atoms with E-state index in [0.717, 1.165) is 9.13 Å². The maximum atomic E-state index is 12.6. The predicted octanol–water partition coefficient (Wildman–Crippen LogP) is 5.35. The molecule has 0 unspecified atom stereocenters. The number of carbonyl (C=O) groups is 1. The molecule has 1 aliphatic heterocycles. The monoisotopic (exact) mass is 457 g/mol. The summed E-state index contributed by atoms with van der Waals surface area (Å²) >= 11 is 14.9. The van der Waals surface area contributed by atoms with E-state index in [4.69, 9.17) is 23.8 Å². The lowest BCUT2D eigenvalue weighted by Gasteiger charge is -2.14. The van der Waals surface area contributed by atoms with Gasteiger partial charge >= 0.3 is 0 Å². The minimum atomic E-state index is -0.115. The maximum Gasteiger partial charge on any atom is 0.270 e. The van der Waals surface area contributed by atoms with Gasteiger partial charge in [0.05, 0.1) is 10.6 Å². The lowest BCUT2D eigenvalue weighted by molar-refractivity contribution is -0.113. The number of hydrogen-bond acceptors (Lipinski definition) is 3. The Morgan fingerprint density at radius 2 is 1.91 bits per heavy atom. The van der Waals surface area contributed by atoms with E-state index in [9.17, 15) is 4.79 Å². The summed E-state index contributed by atoms with van der Waals surface area (Å²) in [5, 5.41) is 0.577. The average Bonchev–Trinajstić information content (AvgIpc) is 2.76. The van der Waals surface area contributed by atoms with Crippen molar-refractivity contribution >= 4 is 80.2 Å². The van der Waals surface area contributed by atoms with Crippen LogP contribution in [-0.4, -0.2) is 10.2 Å². The van der Waals surface area contributed by atoms with Crippen molar-refractivity contribution in [2.24, 2.45) is 0 Å². The van der Waals surface area contributed by atoms with E-state index in [0.29, 0.717) is 19.9 Å². The molecule has 2 aromatic carbocycles. The van der Waals surface area contributed by atoms with E-state index < -0.39 is 0 Å². The Hall–Kier alpha value is -0.890. The number of rotatable bonds is 2. The first-order valence-corrected chi connectivity index (χ1v) is 9.02. The molecule has 1 amide bonds. The van der Waals surface area contributed by atoms with Crippen LogP contribution in [0.25, 0.3) is 6.08 Å². The van der Waals surface area contributed by atoms with Crippen LogP contribution in [0.3, 0.4) is 0 Å². The highest BCUT2D eigenvalue weighted by atomic mass is 127. The molecule has 2 nitrogen and oxygen atoms in total. The van der Waals surface area contributed by atoms with Gasteiger partial charge in [0.2, 0.25) is 0 Å². The van der Waals surface area contributed by atoms with Crippen molar-refractivity contribution < 1.29 is 4.79 Å². The van der Waals surface area contributed by atoms with Gasteiger partial charge in [-0.3, -0.25) is 9.69 Å². The van der Waals surface area contributed by atoms with Crippen LogP contribution in [0.15, 0.2) is 53.4 Å². The first kappa shape index (κ1) is 16.0. The number of amides is 1. The molecule has 1 saturated heterocycles. The van der Waals surface area contributed by atoms with Crippen LogP contribution in [0.4, 0.5) is 5.69 Å². The fourth-order valence-corrected chi connectivity index (χ4v) is 3.86. The van der Waals surface area contributed by atoms with Gasteiger partial charge in [0.25, 0.3) is 5.91 Å². The molecule has 1 aliphatic rings. The van der Waals surface area contributed by atoms with E-state index in [1.165, 1.54) is 16.7 Å². The van der Waals surface area contributed by atoms with Crippen LogP contribution < -0.4 is 4.90 Å². The molecule has 3 rings (SSSR count). The fraction of sp³-hybridized carbons (Fsp3) is 0. The van der Waals surface area contributed by atoms with Crippen LogP contribution >= 0.6 is 58.2 Å². The predicted molar refractivity (Wildman–Crippen MR) is 106 cm³/mol. The van der Waals surface area contributed by atoms with E-state index in [1.807, 2.05) is 36.4 Å². The van der Waals surface area contributed by atoms with E-state index in [-0.39, 0.29) is 5.91 Å². The number of hydrogen-bond donors (Lipinski definition) is 0. The largest absolute Gasteiger partial charge is 0.270 e. The minimum absolute atomic E-state index is 0.115. The summed E-state index contributed by atoms with van der Waals surface area (Å²) < 4.78 is 1.67. The van der Waals surface area contributed by atoms with Gasteiger partial charge in [0.1, 0.15) is 0 Å². The minimum Gasteiger partial charge on any atom is -0.268 e. The Morgan fingerprint density at radius 3 is 2.59 bits per heavy atom. The summed E-state index contributed by atoms with van der Waals surface area (Å²) in [6.07, 6.45) is 1.86. The molecule has 1 fully saturated rings. The van der Waals surface area contributed by atoms with Crippen molar-refractivity contribution in [3.05, 3.63) is 67.6 Å². The Balaban J connectivity index is 1.93. The molecule has 22 heavy (non-hydrogen) atoms. The van der Waals surface area contributed by atoms with E-state index >= 15 is 0 Å². The van der Waals surface area contributed by atoms with Crippen LogP contribution in [0.2, 0.25) is 5.02 Å². The third kappa shape index (κ3) is 3.37. The van der Waals surface area contributed by atoms with Gasteiger partial charge in [-0.15, -0.1) is 0 Å². The van der Waals surface area contributed by atoms with E-state index in [2.05, 4.69) is 22.6 Å². The Bertz CT molecular complexity index is 789. The molecule has 0 bridgehead atoms. The normalized spacial score (nSPS) is 16.6. The smallest absolute Gasteiger partial charge is 0.268 e. The molecule has 110 valence electrons. The highest BCUT2D eigenvalue weighted by Gasteiger charge is 2.33. The zero-order valence-corrected chi connectivity index (χ0v) is 15.7. The van der Waals surface area contributed by atoms with Gasteiger partial charge in [-0.1, -0.05) is 53.8 Å². The summed E-state index contributed by atoms with van der Waals surface area (Å²) in [6.45, 7) is 0. The number of thiocarbonyl (C=S) groups is 1. The molecule has 6 heteroatoms. The van der Waals surface area contributed by atoms with Crippen LogP contribution in [-0.2, 0) is 4.79 Å². The van der Waals surface area contributed by atoms with Crippen molar-refractivity contribution in [2.75, 3.05) is 4.90 Å². The van der Waals surface area contributed by atoms with Crippen molar-refractivity contribution in [3.63, 3.8) is 0 Å². The van der Waals surface area contributed by atoms with Crippen molar-refractivity contribution in [3.8, 4) is 0 Å². The van der Waals surface area contributed by atoms with Crippen LogP contribution in [0, 0.1) is 3.57 Å².